The van der Waals surface area contributed by atoms with E-state index in [0.717, 1.165) is 38.5 Å². The quantitative estimate of drug-likeness (QED) is 0.670. The van der Waals surface area contributed by atoms with E-state index in [9.17, 15) is 0 Å². The summed E-state index contributed by atoms with van der Waals surface area (Å²) >= 11 is 5.83. The fourth-order valence-corrected chi connectivity index (χ4v) is 1.73. The maximum atomic E-state index is 5.83. The van der Waals surface area contributed by atoms with Crippen LogP contribution in [0.5, 0.6) is 6.01 Å². The van der Waals surface area contributed by atoms with Gasteiger partial charge in [-0.25, -0.2) is 0 Å². The zero-order valence-corrected chi connectivity index (χ0v) is 12.5. The summed E-state index contributed by atoms with van der Waals surface area (Å²) in [5.41, 5.74) is 0. The molecule has 0 bridgehead atoms. The minimum absolute atomic E-state index is 0.138. The van der Waals surface area contributed by atoms with E-state index in [1.807, 2.05) is 6.92 Å². The number of aromatic nitrogens is 3. The van der Waals surface area contributed by atoms with Gasteiger partial charge in [-0.05, 0) is 43.2 Å². The molecule has 112 valence electrons. The maximum absolute atomic E-state index is 5.83. The minimum atomic E-state index is 0.138. The number of nitrogens with zero attached hydrogens (tertiary/aromatic N) is 3. The molecule has 2 rings (SSSR count). The van der Waals surface area contributed by atoms with Crippen molar-refractivity contribution in [2.45, 2.75) is 32.6 Å². The topological polar surface area (TPSA) is 69.2 Å². The summed E-state index contributed by atoms with van der Waals surface area (Å²) in [6.45, 7) is 4.96. The van der Waals surface area contributed by atoms with Gasteiger partial charge in [0.2, 0.25) is 11.2 Å². The van der Waals surface area contributed by atoms with Gasteiger partial charge in [-0.1, -0.05) is 6.92 Å². The molecule has 1 aliphatic carbocycles. The molecule has 0 aromatic carbocycles. The SMILES string of the molecule is CCCOc1nc(Cl)nc(NCCCOCC2CC2)n1. The second-order valence-corrected chi connectivity index (χ2v) is 5.20. The lowest BCUT2D eigenvalue weighted by Crippen LogP contribution is -2.11. The molecule has 0 atom stereocenters. The summed E-state index contributed by atoms with van der Waals surface area (Å²) in [7, 11) is 0. The van der Waals surface area contributed by atoms with Gasteiger partial charge in [0.1, 0.15) is 0 Å². The van der Waals surface area contributed by atoms with E-state index in [4.69, 9.17) is 21.1 Å². The van der Waals surface area contributed by atoms with Gasteiger partial charge in [0, 0.05) is 19.8 Å². The van der Waals surface area contributed by atoms with Crippen molar-refractivity contribution >= 4 is 17.5 Å². The number of rotatable bonds is 10. The van der Waals surface area contributed by atoms with Crippen LogP contribution in [0.2, 0.25) is 5.28 Å². The first-order valence-corrected chi connectivity index (χ1v) is 7.51. The standard InChI is InChI=1S/C13H21ClN4O2/c1-2-7-20-13-17-11(14)16-12(18-13)15-6-3-8-19-9-10-4-5-10/h10H,2-9H2,1H3,(H,15,16,17,18). The first-order chi connectivity index (χ1) is 9.78. The molecule has 0 spiro atoms. The van der Waals surface area contributed by atoms with Crippen LogP contribution >= 0.6 is 11.6 Å². The fourth-order valence-electron chi connectivity index (χ4n) is 1.58. The molecule has 0 aliphatic heterocycles. The van der Waals surface area contributed by atoms with Crippen LogP contribution in [0.1, 0.15) is 32.6 Å². The molecule has 6 nitrogen and oxygen atoms in total. The van der Waals surface area contributed by atoms with E-state index in [0.29, 0.717) is 12.6 Å². The third-order valence-electron chi connectivity index (χ3n) is 2.82. The summed E-state index contributed by atoms with van der Waals surface area (Å²) in [6, 6.07) is 0.263. The first-order valence-electron chi connectivity index (χ1n) is 7.14. The number of halogens is 1. The molecular formula is C13H21ClN4O2. The van der Waals surface area contributed by atoms with E-state index >= 15 is 0 Å². The number of anilines is 1. The normalized spacial score (nSPS) is 14.3. The molecule has 1 fully saturated rings. The van der Waals surface area contributed by atoms with E-state index in [1.54, 1.807) is 0 Å². The highest BCUT2D eigenvalue weighted by Gasteiger charge is 2.20. The Morgan fingerprint density at radius 3 is 2.85 bits per heavy atom. The van der Waals surface area contributed by atoms with Gasteiger partial charge >= 0.3 is 6.01 Å². The first kappa shape index (κ1) is 15.3. The highest BCUT2D eigenvalue weighted by atomic mass is 35.5. The van der Waals surface area contributed by atoms with Gasteiger partial charge in [0.15, 0.2) is 0 Å². The maximum Gasteiger partial charge on any atom is 0.322 e. The molecule has 1 saturated carbocycles. The Hall–Kier alpha value is -1.14. The number of ether oxygens (including phenoxy) is 2. The van der Waals surface area contributed by atoms with Crippen molar-refractivity contribution in [2.24, 2.45) is 5.92 Å². The number of hydrogen-bond acceptors (Lipinski definition) is 6. The van der Waals surface area contributed by atoms with E-state index < -0.39 is 0 Å². The van der Waals surface area contributed by atoms with E-state index in [2.05, 4.69) is 20.3 Å². The molecule has 0 unspecified atom stereocenters. The van der Waals surface area contributed by atoms with Crippen LogP contribution in [-0.2, 0) is 4.74 Å². The predicted molar refractivity (Wildman–Crippen MR) is 77.3 cm³/mol. The molecule has 0 amide bonds. The Bertz CT molecular complexity index is 415. The number of nitrogens with one attached hydrogen (secondary N) is 1. The number of hydrogen-bond donors (Lipinski definition) is 1. The average Bonchev–Trinajstić information content (AvgIpc) is 3.24. The van der Waals surface area contributed by atoms with Crippen molar-refractivity contribution in [3.05, 3.63) is 5.28 Å². The Morgan fingerprint density at radius 1 is 1.25 bits per heavy atom. The van der Waals surface area contributed by atoms with Gasteiger partial charge in [-0.15, -0.1) is 0 Å². The van der Waals surface area contributed by atoms with Crippen LogP contribution in [0.3, 0.4) is 0 Å². The van der Waals surface area contributed by atoms with Gasteiger partial charge in [0.05, 0.1) is 6.61 Å². The summed E-state index contributed by atoms with van der Waals surface area (Å²) in [4.78, 5) is 12.1. The van der Waals surface area contributed by atoms with Gasteiger partial charge in [-0.3, -0.25) is 0 Å². The molecule has 1 N–H and O–H groups in total. The minimum Gasteiger partial charge on any atom is -0.463 e. The molecular weight excluding hydrogens is 280 g/mol. The molecule has 0 saturated heterocycles. The zero-order chi connectivity index (χ0) is 14.2. The summed E-state index contributed by atoms with van der Waals surface area (Å²) in [5, 5.41) is 3.24. The van der Waals surface area contributed by atoms with Crippen molar-refractivity contribution in [1.29, 1.82) is 0 Å². The lowest BCUT2D eigenvalue weighted by Gasteiger charge is -2.07. The van der Waals surface area contributed by atoms with Crippen LogP contribution in [-0.4, -0.2) is 41.3 Å². The lowest BCUT2D eigenvalue weighted by molar-refractivity contribution is 0.124. The zero-order valence-electron chi connectivity index (χ0n) is 11.8. The highest BCUT2D eigenvalue weighted by Crippen LogP contribution is 2.28. The second kappa shape index (κ2) is 8.21. The third kappa shape index (κ3) is 5.88. The van der Waals surface area contributed by atoms with E-state index in [1.165, 1.54) is 12.8 Å². The average molecular weight is 301 g/mol. The van der Waals surface area contributed by atoms with Crippen LogP contribution in [0.15, 0.2) is 0 Å². The van der Waals surface area contributed by atoms with Crippen LogP contribution < -0.4 is 10.1 Å². The van der Waals surface area contributed by atoms with Crippen molar-refractivity contribution in [2.75, 3.05) is 31.7 Å². The third-order valence-corrected chi connectivity index (χ3v) is 2.99. The predicted octanol–water partition coefficient (Wildman–Crippen LogP) is 2.54. The van der Waals surface area contributed by atoms with Crippen LogP contribution in [0.25, 0.3) is 0 Å². The largest absolute Gasteiger partial charge is 0.463 e. The summed E-state index contributed by atoms with van der Waals surface area (Å²) in [6.07, 6.45) is 4.44. The summed E-state index contributed by atoms with van der Waals surface area (Å²) < 4.78 is 10.9. The van der Waals surface area contributed by atoms with Crippen molar-refractivity contribution in [1.82, 2.24) is 15.0 Å². The van der Waals surface area contributed by atoms with Crippen molar-refractivity contribution < 1.29 is 9.47 Å². The second-order valence-electron chi connectivity index (χ2n) is 4.86. The molecule has 0 radical (unpaired) electrons. The van der Waals surface area contributed by atoms with Crippen LogP contribution in [0, 0.1) is 5.92 Å². The Morgan fingerprint density at radius 2 is 2.10 bits per heavy atom. The van der Waals surface area contributed by atoms with Gasteiger partial charge in [0.25, 0.3) is 0 Å². The Labute approximate surface area is 124 Å². The fraction of sp³-hybridized carbons (Fsp3) is 0.769. The monoisotopic (exact) mass is 300 g/mol. The molecule has 1 aromatic heterocycles. The van der Waals surface area contributed by atoms with Crippen LogP contribution in [0.4, 0.5) is 5.95 Å². The van der Waals surface area contributed by atoms with Gasteiger partial charge in [-0.2, -0.15) is 15.0 Å². The van der Waals surface area contributed by atoms with Crippen molar-refractivity contribution in [3.8, 4) is 6.01 Å². The lowest BCUT2D eigenvalue weighted by atomic mass is 10.4. The molecule has 20 heavy (non-hydrogen) atoms. The Balaban J connectivity index is 1.66. The summed E-state index contributed by atoms with van der Waals surface area (Å²) in [5.74, 6) is 1.25. The molecule has 1 aromatic rings. The molecule has 7 heteroatoms. The Kier molecular flexibility index (Phi) is 6.26. The van der Waals surface area contributed by atoms with Gasteiger partial charge < -0.3 is 14.8 Å². The van der Waals surface area contributed by atoms with Crippen molar-refractivity contribution in [3.63, 3.8) is 0 Å². The molecule has 1 aliphatic rings. The van der Waals surface area contributed by atoms with E-state index in [-0.39, 0.29) is 11.3 Å². The highest BCUT2D eigenvalue weighted by molar-refractivity contribution is 6.28. The smallest absolute Gasteiger partial charge is 0.322 e. The molecule has 1 heterocycles.